The maximum Gasteiger partial charge on any atom is 0.123 e. The number of methoxy groups -OCH3 is 1. The van der Waals surface area contributed by atoms with Crippen LogP contribution >= 0.6 is 0 Å². The molecule has 2 N–H and O–H groups in total. The fraction of sp³-hybridized carbons (Fsp3) is 0.455. The van der Waals surface area contributed by atoms with Gasteiger partial charge in [-0.1, -0.05) is 12.1 Å². The predicted octanol–water partition coefficient (Wildman–Crippen LogP) is 1.10. The molecule has 84 valence electrons. The topological polar surface area (TPSA) is 41.5 Å². The SMILES string of the molecule is COCCNC(CO)c1cccc(F)c1. The summed E-state index contributed by atoms with van der Waals surface area (Å²) in [6, 6.07) is 5.97. The van der Waals surface area contributed by atoms with Crippen molar-refractivity contribution in [2.75, 3.05) is 26.9 Å². The second-order valence-electron chi connectivity index (χ2n) is 3.24. The van der Waals surface area contributed by atoms with E-state index >= 15 is 0 Å². The van der Waals surface area contributed by atoms with Gasteiger partial charge in [0.2, 0.25) is 0 Å². The molecule has 0 radical (unpaired) electrons. The maximum atomic E-state index is 12.9. The van der Waals surface area contributed by atoms with Crippen LogP contribution in [0.4, 0.5) is 4.39 Å². The summed E-state index contributed by atoms with van der Waals surface area (Å²) in [7, 11) is 1.61. The highest BCUT2D eigenvalue weighted by atomic mass is 19.1. The smallest absolute Gasteiger partial charge is 0.123 e. The van der Waals surface area contributed by atoms with Crippen LogP contribution in [-0.2, 0) is 4.74 Å². The van der Waals surface area contributed by atoms with Crippen molar-refractivity contribution in [2.45, 2.75) is 6.04 Å². The third-order valence-electron chi connectivity index (χ3n) is 2.13. The first kappa shape index (κ1) is 12.1. The quantitative estimate of drug-likeness (QED) is 0.695. The molecular formula is C11H16FNO2. The zero-order valence-corrected chi connectivity index (χ0v) is 8.74. The van der Waals surface area contributed by atoms with Gasteiger partial charge in [0, 0.05) is 13.7 Å². The monoisotopic (exact) mass is 213 g/mol. The van der Waals surface area contributed by atoms with Crippen LogP contribution in [0, 0.1) is 5.82 Å². The largest absolute Gasteiger partial charge is 0.394 e. The van der Waals surface area contributed by atoms with Crippen molar-refractivity contribution >= 4 is 0 Å². The normalized spacial score (nSPS) is 12.7. The second-order valence-corrected chi connectivity index (χ2v) is 3.24. The van der Waals surface area contributed by atoms with Gasteiger partial charge in [-0.15, -0.1) is 0 Å². The van der Waals surface area contributed by atoms with Crippen molar-refractivity contribution in [2.24, 2.45) is 0 Å². The maximum absolute atomic E-state index is 12.9. The molecule has 1 rings (SSSR count). The average Bonchev–Trinajstić information content (AvgIpc) is 2.24. The van der Waals surface area contributed by atoms with Crippen molar-refractivity contribution in [3.63, 3.8) is 0 Å². The number of hydrogen-bond donors (Lipinski definition) is 2. The van der Waals surface area contributed by atoms with E-state index in [1.807, 2.05) is 0 Å². The average molecular weight is 213 g/mol. The van der Waals surface area contributed by atoms with E-state index in [4.69, 9.17) is 9.84 Å². The van der Waals surface area contributed by atoms with Crippen LogP contribution in [0.1, 0.15) is 11.6 Å². The lowest BCUT2D eigenvalue weighted by Crippen LogP contribution is -2.27. The Bertz CT molecular complexity index is 294. The highest BCUT2D eigenvalue weighted by molar-refractivity contribution is 5.20. The Labute approximate surface area is 88.9 Å². The predicted molar refractivity (Wildman–Crippen MR) is 56.1 cm³/mol. The van der Waals surface area contributed by atoms with Gasteiger partial charge in [0.25, 0.3) is 0 Å². The Balaban J connectivity index is 2.57. The molecule has 0 heterocycles. The standard InChI is InChI=1S/C11H16FNO2/c1-15-6-5-13-11(8-14)9-3-2-4-10(12)7-9/h2-4,7,11,13-14H,5-6,8H2,1H3. The number of hydrogen-bond acceptors (Lipinski definition) is 3. The van der Waals surface area contributed by atoms with Crippen LogP contribution < -0.4 is 5.32 Å². The lowest BCUT2D eigenvalue weighted by Gasteiger charge is -2.16. The molecule has 0 saturated heterocycles. The van der Waals surface area contributed by atoms with Gasteiger partial charge in [-0.3, -0.25) is 0 Å². The molecule has 0 spiro atoms. The van der Waals surface area contributed by atoms with Crippen LogP contribution in [0.5, 0.6) is 0 Å². The van der Waals surface area contributed by atoms with Crippen LogP contribution in [0.3, 0.4) is 0 Å². The fourth-order valence-electron chi connectivity index (χ4n) is 1.35. The molecule has 0 aliphatic carbocycles. The first-order valence-corrected chi connectivity index (χ1v) is 4.86. The third-order valence-corrected chi connectivity index (χ3v) is 2.13. The van der Waals surface area contributed by atoms with Crippen molar-refractivity contribution in [3.8, 4) is 0 Å². The molecular weight excluding hydrogens is 197 g/mol. The number of nitrogens with one attached hydrogen (secondary N) is 1. The van der Waals surface area contributed by atoms with Crippen molar-refractivity contribution in [1.82, 2.24) is 5.32 Å². The molecule has 1 unspecified atom stereocenters. The van der Waals surface area contributed by atoms with Crippen molar-refractivity contribution in [1.29, 1.82) is 0 Å². The van der Waals surface area contributed by atoms with Crippen molar-refractivity contribution in [3.05, 3.63) is 35.6 Å². The third kappa shape index (κ3) is 3.95. The molecule has 0 aliphatic rings. The van der Waals surface area contributed by atoms with Gasteiger partial charge in [0.05, 0.1) is 19.3 Å². The molecule has 1 aromatic rings. The summed E-state index contributed by atoms with van der Waals surface area (Å²) in [5.74, 6) is -0.292. The van der Waals surface area contributed by atoms with E-state index in [1.165, 1.54) is 12.1 Å². The van der Waals surface area contributed by atoms with E-state index in [2.05, 4.69) is 5.32 Å². The van der Waals surface area contributed by atoms with E-state index < -0.39 is 0 Å². The van der Waals surface area contributed by atoms with E-state index in [1.54, 1.807) is 19.2 Å². The van der Waals surface area contributed by atoms with E-state index in [9.17, 15) is 4.39 Å². The minimum Gasteiger partial charge on any atom is -0.394 e. The molecule has 1 atom stereocenters. The molecule has 0 saturated carbocycles. The van der Waals surface area contributed by atoms with Gasteiger partial charge in [-0.2, -0.15) is 0 Å². The molecule has 1 aromatic carbocycles. The number of ether oxygens (including phenoxy) is 1. The highest BCUT2D eigenvalue weighted by Crippen LogP contribution is 2.13. The Morgan fingerprint density at radius 3 is 2.93 bits per heavy atom. The number of rotatable bonds is 6. The Morgan fingerprint density at radius 1 is 1.53 bits per heavy atom. The van der Waals surface area contributed by atoms with Gasteiger partial charge in [0.15, 0.2) is 0 Å². The number of aliphatic hydroxyl groups is 1. The first-order valence-electron chi connectivity index (χ1n) is 4.86. The summed E-state index contributed by atoms with van der Waals surface area (Å²) in [6.45, 7) is 1.12. The Hall–Kier alpha value is -0.970. The minimum atomic E-state index is -0.292. The summed E-state index contributed by atoms with van der Waals surface area (Å²) in [6.07, 6.45) is 0. The molecule has 0 aliphatic heterocycles. The highest BCUT2D eigenvalue weighted by Gasteiger charge is 2.09. The number of aliphatic hydroxyl groups excluding tert-OH is 1. The van der Waals surface area contributed by atoms with Gasteiger partial charge >= 0.3 is 0 Å². The zero-order chi connectivity index (χ0) is 11.1. The van der Waals surface area contributed by atoms with Crippen LogP contribution in [0.25, 0.3) is 0 Å². The summed E-state index contributed by atoms with van der Waals surface area (Å²) >= 11 is 0. The van der Waals surface area contributed by atoms with Crippen LogP contribution in [0.2, 0.25) is 0 Å². The summed E-state index contributed by atoms with van der Waals surface area (Å²) in [5.41, 5.74) is 0.744. The number of halogens is 1. The van der Waals surface area contributed by atoms with Gasteiger partial charge in [-0.05, 0) is 17.7 Å². The van der Waals surface area contributed by atoms with Crippen LogP contribution in [-0.4, -0.2) is 32.0 Å². The Kier molecular flexibility index (Phi) is 5.25. The minimum absolute atomic E-state index is 0.0623. The summed E-state index contributed by atoms with van der Waals surface area (Å²) in [4.78, 5) is 0. The van der Waals surface area contributed by atoms with Crippen LogP contribution in [0.15, 0.2) is 24.3 Å². The zero-order valence-electron chi connectivity index (χ0n) is 8.74. The Morgan fingerprint density at radius 2 is 2.33 bits per heavy atom. The lowest BCUT2D eigenvalue weighted by atomic mass is 10.1. The number of benzene rings is 1. The fourth-order valence-corrected chi connectivity index (χ4v) is 1.35. The molecule has 0 bridgehead atoms. The molecule has 0 fully saturated rings. The van der Waals surface area contributed by atoms with E-state index in [0.29, 0.717) is 13.2 Å². The van der Waals surface area contributed by atoms with Crippen molar-refractivity contribution < 1.29 is 14.2 Å². The summed E-state index contributed by atoms with van der Waals surface area (Å²) < 4.78 is 17.8. The van der Waals surface area contributed by atoms with Gasteiger partial charge in [-0.25, -0.2) is 4.39 Å². The molecule has 3 nitrogen and oxygen atoms in total. The first-order chi connectivity index (χ1) is 7.27. The molecule has 0 amide bonds. The lowest BCUT2D eigenvalue weighted by molar-refractivity contribution is 0.184. The van der Waals surface area contributed by atoms with Gasteiger partial charge < -0.3 is 15.2 Å². The van der Waals surface area contributed by atoms with Gasteiger partial charge in [0.1, 0.15) is 5.82 Å². The second kappa shape index (κ2) is 6.50. The summed E-state index contributed by atoms with van der Waals surface area (Å²) in [5, 5.41) is 12.2. The van der Waals surface area contributed by atoms with E-state index in [-0.39, 0.29) is 18.5 Å². The molecule has 0 aromatic heterocycles. The van der Waals surface area contributed by atoms with E-state index in [0.717, 1.165) is 5.56 Å². The molecule has 4 heteroatoms. The molecule has 15 heavy (non-hydrogen) atoms.